The summed E-state index contributed by atoms with van der Waals surface area (Å²) in [5, 5.41) is 9.60. The molecule has 4 aromatic heterocycles. The Morgan fingerprint density at radius 3 is 2.55 bits per heavy atom. The number of benzene rings is 2. The predicted octanol–water partition coefficient (Wildman–Crippen LogP) is 4.90. The highest BCUT2D eigenvalue weighted by molar-refractivity contribution is 5.66. The Hall–Kier alpha value is -5.05. The molecule has 1 atom stereocenters. The van der Waals surface area contributed by atoms with Crippen molar-refractivity contribution in [2.24, 2.45) is 0 Å². The molecular weight excluding hydrogens is 478 g/mol. The van der Waals surface area contributed by atoms with Gasteiger partial charge in [-0.3, -0.25) is 4.98 Å². The van der Waals surface area contributed by atoms with Crippen LogP contribution in [0.2, 0.25) is 0 Å². The summed E-state index contributed by atoms with van der Waals surface area (Å²) in [4.78, 5) is 14.0. The van der Waals surface area contributed by atoms with Gasteiger partial charge in [-0.15, -0.1) is 5.10 Å². The molecule has 0 saturated carbocycles. The SMILES string of the molecule is COc1ccc(Cc2nc3c4c(ncn3n2)Oc2c(c(C)nn2-c2ccccc2)[C@@H]4c2cccnc2)cc1. The standard InChI is InChI=1S/C29H23N7O2/c1-18-24-25(20-7-6-14-30-16-20)26-27-32-23(15-19-10-12-22(37-2)13-11-19)34-35(27)17-31-28(26)38-29(24)36(33-18)21-8-4-3-5-9-21/h3-14,16-17,25H,15H2,1-2H3/t25-/m0/s1. The molecule has 9 nitrogen and oxygen atoms in total. The average molecular weight is 502 g/mol. The summed E-state index contributed by atoms with van der Waals surface area (Å²) < 4.78 is 15.3. The van der Waals surface area contributed by atoms with E-state index in [-0.39, 0.29) is 5.92 Å². The summed E-state index contributed by atoms with van der Waals surface area (Å²) in [6.07, 6.45) is 5.88. The third-order valence-corrected chi connectivity index (χ3v) is 6.80. The minimum atomic E-state index is -0.228. The maximum absolute atomic E-state index is 6.47. The number of aromatic nitrogens is 7. The van der Waals surface area contributed by atoms with E-state index in [4.69, 9.17) is 24.7 Å². The third kappa shape index (κ3) is 3.59. The molecule has 0 unspecified atom stereocenters. The first kappa shape index (κ1) is 22.2. The monoisotopic (exact) mass is 501 g/mol. The fourth-order valence-corrected chi connectivity index (χ4v) is 5.05. The van der Waals surface area contributed by atoms with Gasteiger partial charge in [0.15, 0.2) is 11.5 Å². The van der Waals surface area contributed by atoms with Crippen LogP contribution in [0.25, 0.3) is 11.3 Å². The van der Waals surface area contributed by atoms with Crippen molar-refractivity contribution in [2.75, 3.05) is 7.11 Å². The Bertz CT molecular complexity index is 1760. The Morgan fingerprint density at radius 2 is 1.79 bits per heavy atom. The van der Waals surface area contributed by atoms with Crippen LogP contribution < -0.4 is 9.47 Å². The number of hydrogen-bond acceptors (Lipinski definition) is 7. The zero-order valence-corrected chi connectivity index (χ0v) is 20.8. The molecule has 186 valence electrons. The highest BCUT2D eigenvalue weighted by Crippen LogP contribution is 2.49. The van der Waals surface area contributed by atoms with Gasteiger partial charge in [0.25, 0.3) is 0 Å². The number of methoxy groups -OCH3 is 1. The molecular formula is C29H23N7O2. The molecule has 38 heavy (non-hydrogen) atoms. The van der Waals surface area contributed by atoms with E-state index < -0.39 is 0 Å². The van der Waals surface area contributed by atoms with Gasteiger partial charge in [-0.05, 0) is 48.4 Å². The second-order valence-corrected chi connectivity index (χ2v) is 9.16. The summed E-state index contributed by atoms with van der Waals surface area (Å²) in [6, 6.07) is 21.9. The van der Waals surface area contributed by atoms with Crippen LogP contribution >= 0.6 is 0 Å². The largest absolute Gasteiger partial charge is 0.497 e. The molecule has 0 bridgehead atoms. The van der Waals surface area contributed by atoms with Gasteiger partial charge in [-0.25, -0.2) is 19.2 Å². The predicted molar refractivity (Wildman–Crippen MR) is 140 cm³/mol. The fraction of sp³-hybridized carbons (Fsp3) is 0.138. The van der Waals surface area contributed by atoms with Gasteiger partial charge in [-0.1, -0.05) is 36.4 Å². The Morgan fingerprint density at radius 1 is 0.947 bits per heavy atom. The van der Waals surface area contributed by atoms with Gasteiger partial charge < -0.3 is 9.47 Å². The maximum atomic E-state index is 6.47. The van der Waals surface area contributed by atoms with Crippen molar-refractivity contribution in [3.63, 3.8) is 0 Å². The molecule has 0 saturated heterocycles. The second kappa shape index (κ2) is 8.81. The number of ether oxygens (including phenoxy) is 2. The van der Waals surface area contributed by atoms with Crippen molar-refractivity contribution in [1.29, 1.82) is 0 Å². The van der Waals surface area contributed by atoms with E-state index in [2.05, 4.69) is 16.0 Å². The van der Waals surface area contributed by atoms with Crippen LogP contribution in [0.15, 0.2) is 85.5 Å². The van der Waals surface area contributed by atoms with Crippen LogP contribution in [-0.4, -0.2) is 41.5 Å². The number of fused-ring (bicyclic) bond motifs is 4. The van der Waals surface area contributed by atoms with Crippen LogP contribution in [0.5, 0.6) is 17.5 Å². The van der Waals surface area contributed by atoms with Crippen LogP contribution in [0.1, 0.15) is 39.7 Å². The number of hydrogen-bond donors (Lipinski definition) is 0. The summed E-state index contributed by atoms with van der Waals surface area (Å²) in [5.74, 6) is 2.41. The van der Waals surface area contributed by atoms with Crippen LogP contribution in [0, 0.1) is 6.92 Å². The first-order chi connectivity index (χ1) is 18.7. The Balaban J connectivity index is 1.39. The minimum absolute atomic E-state index is 0.228. The Labute approximate surface area is 218 Å². The lowest BCUT2D eigenvalue weighted by Crippen LogP contribution is -2.16. The number of para-hydroxylation sites is 1. The third-order valence-electron chi connectivity index (χ3n) is 6.80. The molecule has 0 N–H and O–H groups in total. The van der Waals surface area contributed by atoms with Crippen LogP contribution in [0.4, 0.5) is 0 Å². The molecule has 7 rings (SSSR count). The van der Waals surface area contributed by atoms with Crippen molar-refractivity contribution in [3.8, 4) is 23.2 Å². The summed E-state index contributed by atoms with van der Waals surface area (Å²) in [5.41, 5.74) is 6.37. The Kier molecular flexibility index (Phi) is 5.14. The van der Waals surface area contributed by atoms with Crippen LogP contribution in [0.3, 0.4) is 0 Å². The highest BCUT2D eigenvalue weighted by Gasteiger charge is 2.38. The molecule has 0 spiro atoms. The van der Waals surface area contributed by atoms with E-state index in [1.807, 2.05) is 78.5 Å². The molecule has 5 heterocycles. The van der Waals surface area contributed by atoms with E-state index in [1.54, 1.807) is 24.1 Å². The second-order valence-electron chi connectivity index (χ2n) is 9.16. The molecule has 2 aromatic carbocycles. The van der Waals surface area contributed by atoms with Crippen molar-refractivity contribution < 1.29 is 9.47 Å². The lowest BCUT2D eigenvalue weighted by molar-refractivity contribution is 0.402. The minimum Gasteiger partial charge on any atom is -0.497 e. The molecule has 0 fully saturated rings. The van der Waals surface area contributed by atoms with Gasteiger partial charge in [0.2, 0.25) is 11.8 Å². The zero-order chi connectivity index (χ0) is 25.6. The highest BCUT2D eigenvalue weighted by atomic mass is 16.5. The normalized spacial score (nSPS) is 14.1. The lowest BCUT2D eigenvalue weighted by atomic mass is 9.85. The van der Waals surface area contributed by atoms with E-state index in [0.717, 1.165) is 39.4 Å². The van der Waals surface area contributed by atoms with Gasteiger partial charge >= 0.3 is 0 Å². The first-order valence-electron chi connectivity index (χ1n) is 12.3. The maximum Gasteiger partial charge on any atom is 0.230 e. The number of nitrogens with zero attached hydrogens (tertiary/aromatic N) is 7. The zero-order valence-electron chi connectivity index (χ0n) is 20.8. The van der Waals surface area contributed by atoms with E-state index in [0.29, 0.717) is 29.7 Å². The summed E-state index contributed by atoms with van der Waals surface area (Å²) in [7, 11) is 1.66. The molecule has 9 heteroatoms. The van der Waals surface area contributed by atoms with Crippen molar-refractivity contribution in [1.82, 2.24) is 34.3 Å². The number of rotatable bonds is 5. The number of pyridine rings is 1. The van der Waals surface area contributed by atoms with Crippen molar-refractivity contribution in [2.45, 2.75) is 19.3 Å². The van der Waals surface area contributed by atoms with E-state index >= 15 is 0 Å². The van der Waals surface area contributed by atoms with Gasteiger partial charge in [0.1, 0.15) is 12.1 Å². The molecule has 0 radical (unpaired) electrons. The van der Waals surface area contributed by atoms with Crippen LogP contribution in [-0.2, 0) is 6.42 Å². The summed E-state index contributed by atoms with van der Waals surface area (Å²) >= 11 is 0. The van der Waals surface area contributed by atoms with E-state index in [1.165, 1.54) is 0 Å². The van der Waals surface area contributed by atoms with Gasteiger partial charge in [-0.2, -0.15) is 5.10 Å². The fourth-order valence-electron chi connectivity index (χ4n) is 5.05. The molecule has 1 aliphatic heterocycles. The topological polar surface area (TPSA) is 92.3 Å². The van der Waals surface area contributed by atoms with Gasteiger partial charge in [0.05, 0.1) is 35.5 Å². The smallest absolute Gasteiger partial charge is 0.230 e. The average Bonchev–Trinajstić information content (AvgIpc) is 3.53. The molecule has 6 aromatic rings. The molecule has 0 aliphatic carbocycles. The lowest BCUT2D eigenvalue weighted by Gasteiger charge is -2.26. The number of aryl methyl sites for hydroxylation is 1. The quantitative estimate of drug-likeness (QED) is 0.331. The molecule has 0 amide bonds. The van der Waals surface area contributed by atoms with Crippen molar-refractivity contribution in [3.05, 3.63) is 119 Å². The molecule has 1 aliphatic rings. The van der Waals surface area contributed by atoms with Gasteiger partial charge in [0, 0.05) is 18.8 Å². The van der Waals surface area contributed by atoms with E-state index in [9.17, 15) is 0 Å². The van der Waals surface area contributed by atoms with Crippen molar-refractivity contribution >= 4 is 5.65 Å². The first-order valence-corrected chi connectivity index (χ1v) is 12.3. The summed E-state index contributed by atoms with van der Waals surface area (Å²) in [6.45, 7) is 2.00.